The third-order valence-corrected chi connectivity index (χ3v) is 3.75. The second kappa shape index (κ2) is 8.38. The Labute approximate surface area is 105 Å². The summed E-state index contributed by atoms with van der Waals surface area (Å²) >= 11 is 0. The van der Waals surface area contributed by atoms with Gasteiger partial charge in [0, 0.05) is 55.2 Å². The Morgan fingerprint density at radius 1 is 1.59 bits per heavy atom. The van der Waals surface area contributed by atoms with Gasteiger partial charge in [-0.15, -0.1) is 0 Å². The van der Waals surface area contributed by atoms with Crippen molar-refractivity contribution in [2.24, 2.45) is 0 Å². The normalized spacial score (nSPS) is 12.8. The van der Waals surface area contributed by atoms with E-state index in [-0.39, 0.29) is 0 Å². The number of nitrogens with zero attached hydrogens (tertiary/aromatic N) is 2. The molecule has 1 N–H and O–H groups in total. The van der Waals surface area contributed by atoms with Crippen molar-refractivity contribution in [3.05, 3.63) is 18.2 Å². The average Bonchev–Trinajstić information content (AvgIpc) is 2.79. The zero-order valence-electron chi connectivity index (χ0n) is 10.5. The van der Waals surface area contributed by atoms with Gasteiger partial charge in [-0.25, -0.2) is 4.98 Å². The number of hydrogen-bond donors (Lipinski definition) is 1. The molecule has 1 rings (SSSR count). The summed E-state index contributed by atoms with van der Waals surface area (Å²) in [7, 11) is 0.969. The molecule has 1 aromatic heterocycles. The Hall–Kier alpha value is -0.720. The van der Waals surface area contributed by atoms with E-state index in [2.05, 4.69) is 10.3 Å². The van der Waals surface area contributed by atoms with E-state index in [1.807, 2.05) is 17.7 Å². The van der Waals surface area contributed by atoms with Gasteiger partial charge in [0.25, 0.3) is 0 Å². The fourth-order valence-corrected chi connectivity index (χ4v) is 2.12. The second-order valence-electron chi connectivity index (χ2n) is 3.68. The minimum atomic E-state index is -0.718. The largest absolute Gasteiger partial charge is 0.383 e. The van der Waals surface area contributed by atoms with Crippen LogP contribution in [0.1, 0.15) is 12.6 Å². The van der Waals surface area contributed by atoms with E-state index in [1.54, 1.807) is 13.4 Å². The first kappa shape index (κ1) is 14.3. The highest BCUT2D eigenvalue weighted by Gasteiger charge is 2.03. The van der Waals surface area contributed by atoms with Crippen LogP contribution in [0.4, 0.5) is 0 Å². The van der Waals surface area contributed by atoms with Gasteiger partial charge in [-0.2, -0.15) is 0 Å². The number of aromatic nitrogens is 2. The van der Waals surface area contributed by atoms with Gasteiger partial charge in [0.2, 0.25) is 0 Å². The maximum atomic E-state index is 11.4. The molecular formula is C11H21N3O2S. The first-order valence-corrected chi connectivity index (χ1v) is 7.30. The molecule has 0 aliphatic heterocycles. The molecule has 17 heavy (non-hydrogen) atoms. The summed E-state index contributed by atoms with van der Waals surface area (Å²) in [5, 5.41) is 3.27. The van der Waals surface area contributed by atoms with Crippen LogP contribution >= 0.6 is 0 Å². The average molecular weight is 259 g/mol. The SMILES string of the molecule is CCS(=O)CCn1cncc1CNCCOC. The van der Waals surface area contributed by atoms with E-state index in [9.17, 15) is 4.21 Å². The molecule has 1 unspecified atom stereocenters. The summed E-state index contributed by atoms with van der Waals surface area (Å²) in [5.41, 5.74) is 1.12. The third kappa shape index (κ3) is 5.43. The molecule has 0 bridgehead atoms. The standard InChI is InChI=1S/C11H21N3O2S/c1-3-17(15)7-5-14-10-13-9-11(14)8-12-4-6-16-2/h9-10,12H,3-8H2,1-2H3. The van der Waals surface area contributed by atoms with Gasteiger partial charge < -0.3 is 14.6 Å². The third-order valence-electron chi connectivity index (χ3n) is 2.47. The molecule has 5 nitrogen and oxygen atoms in total. The van der Waals surface area contributed by atoms with E-state index in [0.717, 1.165) is 31.1 Å². The zero-order valence-corrected chi connectivity index (χ0v) is 11.3. The van der Waals surface area contributed by atoms with Crippen LogP contribution in [-0.2, 0) is 28.6 Å². The Balaban J connectivity index is 2.34. The van der Waals surface area contributed by atoms with E-state index in [0.29, 0.717) is 12.4 Å². The first-order valence-electron chi connectivity index (χ1n) is 5.81. The highest BCUT2D eigenvalue weighted by Crippen LogP contribution is 1.99. The van der Waals surface area contributed by atoms with E-state index in [4.69, 9.17) is 4.74 Å². The number of nitrogens with one attached hydrogen (secondary N) is 1. The molecular weight excluding hydrogens is 238 g/mol. The number of imidazole rings is 1. The lowest BCUT2D eigenvalue weighted by molar-refractivity contribution is 0.199. The van der Waals surface area contributed by atoms with Crippen LogP contribution < -0.4 is 5.32 Å². The van der Waals surface area contributed by atoms with Crippen molar-refractivity contribution in [2.45, 2.75) is 20.0 Å². The van der Waals surface area contributed by atoms with Crippen molar-refractivity contribution in [3.63, 3.8) is 0 Å². The molecule has 0 aliphatic rings. The van der Waals surface area contributed by atoms with Crippen LogP contribution in [0.15, 0.2) is 12.5 Å². The van der Waals surface area contributed by atoms with Crippen LogP contribution in [-0.4, -0.2) is 45.5 Å². The number of aryl methyl sites for hydroxylation is 1. The first-order chi connectivity index (χ1) is 8.27. The van der Waals surface area contributed by atoms with Gasteiger partial charge >= 0.3 is 0 Å². The van der Waals surface area contributed by atoms with E-state index >= 15 is 0 Å². The predicted molar refractivity (Wildman–Crippen MR) is 69.4 cm³/mol. The van der Waals surface area contributed by atoms with Crippen molar-refractivity contribution < 1.29 is 8.95 Å². The number of hydrogen-bond acceptors (Lipinski definition) is 4. The zero-order chi connectivity index (χ0) is 12.5. The van der Waals surface area contributed by atoms with Gasteiger partial charge in [-0.1, -0.05) is 6.92 Å². The molecule has 0 radical (unpaired) electrons. The number of rotatable bonds is 9. The maximum absolute atomic E-state index is 11.4. The summed E-state index contributed by atoms with van der Waals surface area (Å²) < 4.78 is 18.4. The van der Waals surface area contributed by atoms with Gasteiger partial charge in [0.05, 0.1) is 18.6 Å². The van der Waals surface area contributed by atoms with Crippen molar-refractivity contribution in [1.29, 1.82) is 0 Å². The molecule has 0 saturated carbocycles. The summed E-state index contributed by atoms with van der Waals surface area (Å²) in [6, 6.07) is 0. The summed E-state index contributed by atoms with van der Waals surface area (Å²) in [6.45, 7) is 5.00. The van der Waals surface area contributed by atoms with Crippen molar-refractivity contribution >= 4 is 10.8 Å². The molecule has 1 aromatic rings. The van der Waals surface area contributed by atoms with E-state index in [1.165, 1.54) is 0 Å². The van der Waals surface area contributed by atoms with E-state index < -0.39 is 10.8 Å². The molecule has 0 aromatic carbocycles. The Bertz CT molecular complexity index is 341. The van der Waals surface area contributed by atoms with Crippen LogP contribution in [0.25, 0.3) is 0 Å². The molecule has 1 atom stereocenters. The smallest absolute Gasteiger partial charge is 0.0948 e. The summed E-state index contributed by atoms with van der Waals surface area (Å²) in [4.78, 5) is 4.12. The molecule has 0 saturated heterocycles. The van der Waals surface area contributed by atoms with Gasteiger partial charge in [-0.3, -0.25) is 4.21 Å². The van der Waals surface area contributed by atoms with Crippen LogP contribution in [0, 0.1) is 0 Å². The highest BCUT2D eigenvalue weighted by molar-refractivity contribution is 7.84. The maximum Gasteiger partial charge on any atom is 0.0948 e. The molecule has 0 spiro atoms. The van der Waals surface area contributed by atoms with Gasteiger partial charge in [0.1, 0.15) is 0 Å². The quantitative estimate of drug-likeness (QED) is 0.652. The minimum Gasteiger partial charge on any atom is -0.383 e. The molecule has 1 heterocycles. The number of ether oxygens (including phenoxy) is 1. The topological polar surface area (TPSA) is 56.2 Å². The Kier molecular flexibility index (Phi) is 7.07. The molecule has 0 fully saturated rings. The van der Waals surface area contributed by atoms with Crippen molar-refractivity contribution in [2.75, 3.05) is 31.8 Å². The van der Waals surface area contributed by atoms with Crippen molar-refractivity contribution in [3.8, 4) is 0 Å². The second-order valence-corrected chi connectivity index (χ2v) is 5.55. The van der Waals surface area contributed by atoms with Gasteiger partial charge in [0.15, 0.2) is 0 Å². The molecule has 0 aliphatic carbocycles. The van der Waals surface area contributed by atoms with Crippen LogP contribution in [0.3, 0.4) is 0 Å². The fraction of sp³-hybridized carbons (Fsp3) is 0.727. The molecule has 0 amide bonds. The highest BCUT2D eigenvalue weighted by atomic mass is 32.2. The van der Waals surface area contributed by atoms with Gasteiger partial charge in [-0.05, 0) is 0 Å². The van der Waals surface area contributed by atoms with Crippen LogP contribution in [0.2, 0.25) is 0 Å². The minimum absolute atomic E-state index is 0.692. The lowest BCUT2D eigenvalue weighted by Gasteiger charge is -2.08. The lowest BCUT2D eigenvalue weighted by Crippen LogP contribution is -2.21. The summed E-state index contributed by atoms with van der Waals surface area (Å²) in [5.74, 6) is 1.41. The van der Waals surface area contributed by atoms with Crippen LogP contribution in [0.5, 0.6) is 0 Å². The number of methoxy groups -OCH3 is 1. The predicted octanol–water partition coefficient (Wildman–Crippen LogP) is 0.388. The monoisotopic (exact) mass is 259 g/mol. The Morgan fingerprint density at radius 2 is 2.41 bits per heavy atom. The Morgan fingerprint density at radius 3 is 3.12 bits per heavy atom. The fourth-order valence-electron chi connectivity index (χ4n) is 1.43. The lowest BCUT2D eigenvalue weighted by atomic mass is 10.4. The summed E-state index contributed by atoms with van der Waals surface area (Å²) in [6.07, 6.45) is 3.63. The van der Waals surface area contributed by atoms with Crippen molar-refractivity contribution in [1.82, 2.24) is 14.9 Å². The molecule has 6 heteroatoms. The molecule has 98 valence electrons.